The Bertz CT molecular complexity index is 366. The van der Waals surface area contributed by atoms with Gasteiger partial charge in [-0.1, -0.05) is 0 Å². The molecular formula is C14H22N2O. The predicted octanol–water partition coefficient (Wildman–Crippen LogP) is 2.37. The van der Waals surface area contributed by atoms with Crippen molar-refractivity contribution in [2.75, 3.05) is 13.6 Å². The lowest BCUT2D eigenvalue weighted by atomic mass is 10.3. The molecule has 0 radical (unpaired) electrons. The first-order chi connectivity index (χ1) is 8.35. The van der Waals surface area contributed by atoms with E-state index < -0.39 is 0 Å². The zero-order valence-corrected chi connectivity index (χ0v) is 10.6. The van der Waals surface area contributed by atoms with Crippen molar-refractivity contribution in [3.05, 3.63) is 23.7 Å². The standard InChI is InChI=1S/C14H22N2O/c1-15-7-12-6-14(17-10-12)9-16(13-4-5-13)8-11-2-3-11/h6,10-11,13,15H,2-5,7-9H2,1H3. The molecule has 1 heterocycles. The quantitative estimate of drug-likeness (QED) is 0.785. The maximum atomic E-state index is 5.65. The van der Waals surface area contributed by atoms with Crippen molar-refractivity contribution in [2.45, 2.75) is 44.8 Å². The van der Waals surface area contributed by atoms with Gasteiger partial charge in [0.2, 0.25) is 0 Å². The van der Waals surface area contributed by atoms with Gasteiger partial charge in [-0.25, -0.2) is 0 Å². The number of hydrogen-bond donors (Lipinski definition) is 1. The molecule has 3 rings (SSSR count). The minimum atomic E-state index is 0.841. The highest BCUT2D eigenvalue weighted by atomic mass is 16.3. The fourth-order valence-corrected chi connectivity index (χ4v) is 2.42. The zero-order valence-electron chi connectivity index (χ0n) is 10.6. The molecule has 0 aliphatic heterocycles. The third-order valence-electron chi connectivity index (χ3n) is 3.70. The smallest absolute Gasteiger partial charge is 0.118 e. The summed E-state index contributed by atoms with van der Waals surface area (Å²) >= 11 is 0. The molecular weight excluding hydrogens is 212 g/mol. The Morgan fingerprint density at radius 3 is 2.82 bits per heavy atom. The van der Waals surface area contributed by atoms with Crippen molar-refractivity contribution in [1.82, 2.24) is 10.2 Å². The van der Waals surface area contributed by atoms with Crippen LogP contribution in [0.4, 0.5) is 0 Å². The monoisotopic (exact) mass is 234 g/mol. The molecule has 0 aromatic carbocycles. The second kappa shape index (κ2) is 4.83. The van der Waals surface area contributed by atoms with Crippen LogP contribution in [0, 0.1) is 5.92 Å². The molecule has 2 fully saturated rings. The summed E-state index contributed by atoms with van der Waals surface area (Å²) in [6.07, 6.45) is 7.53. The van der Waals surface area contributed by atoms with Crippen LogP contribution in [0.25, 0.3) is 0 Å². The van der Waals surface area contributed by atoms with E-state index in [9.17, 15) is 0 Å². The van der Waals surface area contributed by atoms with Crippen molar-refractivity contribution in [3.63, 3.8) is 0 Å². The molecule has 0 unspecified atom stereocenters. The van der Waals surface area contributed by atoms with Crippen molar-refractivity contribution in [1.29, 1.82) is 0 Å². The minimum Gasteiger partial charge on any atom is -0.468 e. The summed E-state index contributed by atoms with van der Waals surface area (Å²) in [4.78, 5) is 2.62. The van der Waals surface area contributed by atoms with Gasteiger partial charge in [-0.05, 0) is 44.7 Å². The largest absolute Gasteiger partial charge is 0.468 e. The lowest BCUT2D eigenvalue weighted by Gasteiger charge is -2.20. The molecule has 0 atom stereocenters. The van der Waals surface area contributed by atoms with Gasteiger partial charge in [-0.3, -0.25) is 4.90 Å². The summed E-state index contributed by atoms with van der Waals surface area (Å²) in [5.74, 6) is 2.10. The first kappa shape index (κ1) is 11.3. The zero-order chi connectivity index (χ0) is 11.7. The molecule has 0 saturated heterocycles. The van der Waals surface area contributed by atoms with E-state index in [0.717, 1.165) is 30.8 Å². The van der Waals surface area contributed by atoms with Gasteiger partial charge >= 0.3 is 0 Å². The van der Waals surface area contributed by atoms with Crippen molar-refractivity contribution in [3.8, 4) is 0 Å². The fourth-order valence-electron chi connectivity index (χ4n) is 2.42. The fraction of sp³-hybridized carbons (Fsp3) is 0.714. The Labute approximate surface area is 103 Å². The van der Waals surface area contributed by atoms with Crippen LogP contribution in [-0.2, 0) is 13.1 Å². The van der Waals surface area contributed by atoms with Crippen LogP contribution in [0.1, 0.15) is 37.0 Å². The van der Waals surface area contributed by atoms with Crippen LogP contribution >= 0.6 is 0 Å². The highest BCUT2D eigenvalue weighted by molar-refractivity contribution is 5.13. The number of furan rings is 1. The van der Waals surface area contributed by atoms with Gasteiger partial charge < -0.3 is 9.73 Å². The molecule has 3 heteroatoms. The number of nitrogens with one attached hydrogen (secondary N) is 1. The molecule has 17 heavy (non-hydrogen) atoms. The van der Waals surface area contributed by atoms with Gasteiger partial charge in [-0.2, -0.15) is 0 Å². The third-order valence-corrected chi connectivity index (χ3v) is 3.70. The number of hydrogen-bond acceptors (Lipinski definition) is 3. The van der Waals surface area contributed by atoms with Gasteiger partial charge in [0.25, 0.3) is 0 Å². The van der Waals surface area contributed by atoms with E-state index in [4.69, 9.17) is 4.42 Å². The summed E-state index contributed by atoms with van der Waals surface area (Å²) in [5.41, 5.74) is 1.25. The summed E-state index contributed by atoms with van der Waals surface area (Å²) in [5, 5.41) is 3.15. The van der Waals surface area contributed by atoms with Gasteiger partial charge in [-0.15, -0.1) is 0 Å². The van der Waals surface area contributed by atoms with Crippen LogP contribution < -0.4 is 5.32 Å². The molecule has 2 aliphatic carbocycles. The van der Waals surface area contributed by atoms with Crippen LogP contribution in [-0.4, -0.2) is 24.5 Å². The predicted molar refractivity (Wildman–Crippen MR) is 67.6 cm³/mol. The SMILES string of the molecule is CNCc1coc(CN(CC2CC2)C2CC2)c1. The normalized spacial score (nSPS) is 20.1. The maximum absolute atomic E-state index is 5.65. The van der Waals surface area contributed by atoms with E-state index in [1.54, 1.807) is 0 Å². The molecule has 1 N–H and O–H groups in total. The highest BCUT2D eigenvalue weighted by Crippen LogP contribution is 2.35. The molecule has 0 amide bonds. The Morgan fingerprint density at radius 1 is 1.35 bits per heavy atom. The Hall–Kier alpha value is -0.800. The van der Waals surface area contributed by atoms with E-state index in [1.807, 2.05) is 13.3 Å². The van der Waals surface area contributed by atoms with E-state index in [-0.39, 0.29) is 0 Å². The molecule has 1 aromatic rings. The first-order valence-corrected chi connectivity index (χ1v) is 6.80. The molecule has 1 aromatic heterocycles. The van der Waals surface area contributed by atoms with Crippen molar-refractivity contribution in [2.24, 2.45) is 5.92 Å². The van der Waals surface area contributed by atoms with Crippen LogP contribution in [0.2, 0.25) is 0 Å². The molecule has 3 nitrogen and oxygen atoms in total. The lowest BCUT2D eigenvalue weighted by molar-refractivity contribution is 0.224. The van der Waals surface area contributed by atoms with E-state index in [0.29, 0.717) is 0 Å². The summed E-state index contributed by atoms with van der Waals surface area (Å²) in [6.45, 7) is 3.19. The van der Waals surface area contributed by atoms with Gasteiger partial charge in [0.15, 0.2) is 0 Å². The van der Waals surface area contributed by atoms with Crippen molar-refractivity contribution < 1.29 is 4.42 Å². The van der Waals surface area contributed by atoms with Gasteiger partial charge in [0.05, 0.1) is 12.8 Å². The molecule has 94 valence electrons. The Balaban J connectivity index is 1.57. The number of nitrogens with zero attached hydrogens (tertiary/aromatic N) is 1. The van der Waals surface area contributed by atoms with E-state index in [2.05, 4.69) is 16.3 Å². The van der Waals surface area contributed by atoms with Crippen molar-refractivity contribution >= 4 is 0 Å². The molecule has 0 bridgehead atoms. The van der Waals surface area contributed by atoms with E-state index in [1.165, 1.54) is 37.8 Å². The van der Waals surface area contributed by atoms with Crippen LogP contribution in [0.5, 0.6) is 0 Å². The summed E-state index contributed by atoms with van der Waals surface area (Å²) < 4.78 is 5.65. The average molecular weight is 234 g/mol. The second-order valence-electron chi connectivity index (χ2n) is 5.56. The summed E-state index contributed by atoms with van der Waals surface area (Å²) in [6, 6.07) is 3.03. The highest BCUT2D eigenvalue weighted by Gasteiger charge is 2.33. The molecule has 2 saturated carbocycles. The Morgan fingerprint density at radius 2 is 2.18 bits per heavy atom. The topological polar surface area (TPSA) is 28.4 Å². The van der Waals surface area contributed by atoms with Crippen LogP contribution in [0.15, 0.2) is 16.7 Å². The maximum Gasteiger partial charge on any atom is 0.118 e. The van der Waals surface area contributed by atoms with Crippen LogP contribution in [0.3, 0.4) is 0 Å². The summed E-state index contributed by atoms with van der Waals surface area (Å²) in [7, 11) is 1.97. The van der Waals surface area contributed by atoms with Gasteiger partial charge in [0.1, 0.15) is 5.76 Å². The minimum absolute atomic E-state index is 0.841. The molecule has 2 aliphatic rings. The Kier molecular flexibility index (Phi) is 3.21. The first-order valence-electron chi connectivity index (χ1n) is 6.80. The number of rotatable bonds is 7. The average Bonchev–Trinajstić information content (AvgIpc) is 3.20. The van der Waals surface area contributed by atoms with E-state index >= 15 is 0 Å². The van der Waals surface area contributed by atoms with Gasteiger partial charge in [0, 0.05) is 24.7 Å². The lowest BCUT2D eigenvalue weighted by Crippen LogP contribution is -2.27. The second-order valence-corrected chi connectivity index (χ2v) is 5.56. The third kappa shape index (κ3) is 3.11. The molecule has 0 spiro atoms.